The molecule has 0 fully saturated rings. The van der Waals surface area contributed by atoms with Crippen LogP contribution < -0.4 is 5.32 Å². The van der Waals surface area contributed by atoms with E-state index >= 15 is 0 Å². The third-order valence-electron chi connectivity index (χ3n) is 3.29. The van der Waals surface area contributed by atoms with Gasteiger partial charge in [0.1, 0.15) is 4.99 Å². The minimum atomic E-state index is 0.737. The van der Waals surface area contributed by atoms with E-state index in [-0.39, 0.29) is 0 Å². The number of nitrogens with one attached hydrogen (secondary N) is 1. The molecule has 0 amide bonds. The molecule has 0 saturated heterocycles. The van der Waals surface area contributed by atoms with Crippen LogP contribution in [0.3, 0.4) is 0 Å². The third-order valence-corrected chi connectivity index (χ3v) is 3.61. The Balaban J connectivity index is 1.94. The van der Waals surface area contributed by atoms with Gasteiger partial charge in [0.2, 0.25) is 0 Å². The standard InChI is InChI=1S/C19H15NS/c21-19(20-16-11-5-2-6-12-16)18-14-8-7-13-17(18)15-9-3-1-4-10-15/h1-14H,(H,20,21). The Morgan fingerprint density at radius 2 is 1.24 bits per heavy atom. The molecule has 0 bridgehead atoms. The molecule has 0 atom stereocenters. The first-order chi connectivity index (χ1) is 10.3. The Bertz CT molecular complexity index is 736. The summed E-state index contributed by atoms with van der Waals surface area (Å²) in [6.07, 6.45) is 0. The van der Waals surface area contributed by atoms with Crippen molar-refractivity contribution in [2.24, 2.45) is 0 Å². The normalized spacial score (nSPS) is 10.1. The van der Waals surface area contributed by atoms with Gasteiger partial charge in [-0.1, -0.05) is 85.0 Å². The first-order valence-electron chi connectivity index (χ1n) is 6.85. The molecule has 3 aromatic carbocycles. The Morgan fingerprint density at radius 1 is 0.667 bits per heavy atom. The Morgan fingerprint density at radius 3 is 1.95 bits per heavy atom. The van der Waals surface area contributed by atoms with Crippen LogP contribution in [0.5, 0.6) is 0 Å². The lowest BCUT2D eigenvalue weighted by Gasteiger charge is -2.13. The van der Waals surface area contributed by atoms with Crippen LogP contribution in [-0.4, -0.2) is 4.99 Å². The summed E-state index contributed by atoms with van der Waals surface area (Å²) in [4.78, 5) is 0.737. The number of thiocarbonyl (C=S) groups is 1. The minimum Gasteiger partial charge on any atom is -0.346 e. The van der Waals surface area contributed by atoms with Crippen LogP contribution in [0, 0.1) is 0 Å². The SMILES string of the molecule is S=C(Nc1ccccc1)c1ccccc1-c1ccccc1. The van der Waals surface area contributed by atoms with Crippen molar-refractivity contribution in [1.82, 2.24) is 0 Å². The van der Waals surface area contributed by atoms with Gasteiger partial charge in [0.25, 0.3) is 0 Å². The minimum absolute atomic E-state index is 0.737. The lowest BCUT2D eigenvalue weighted by molar-refractivity contribution is 1.57. The summed E-state index contributed by atoms with van der Waals surface area (Å²) >= 11 is 5.58. The Labute approximate surface area is 130 Å². The molecule has 0 unspecified atom stereocenters. The average Bonchev–Trinajstić information content (AvgIpc) is 2.56. The maximum atomic E-state index is 5.58. The molecule has 2 heteroatoms. The second-order valence-corrected chi connectivity index (χ2v) is 5.14. The molecule has 3 aromatic rings. The van der Waals surface area contributed by atoms with Crippen molar-refractivity contribution in [3.8, 4) is 11.1 Å². The van der Waals surface area contributed by atoms with E-state index in [9.17, 15) is 0 Å². The number of para-hydroxylation sites is 1. The van der Waals surface area contributed by atoms with Crippen molar-refractivity contribution in [3.63, 3.8) is 0 Å². The molecule has 0 aliphatic heterocycles. The van der Waals surface area contributed by atoms with Crippen molar-refractivity contribution < 1.29 is 0 Å². The average molecular weight is 289 g/mol. The molecule has 102 valence electrons. The summed E-state index contributed by atoms with van der Waals surface area (Å²) in [6.45, 7) is 0. The highest BCUT2D eigenvalue weighted by molar-refractivity contribution is 7.81. The summed E-state index contributed by atoms with van der Waals surface area (Å²) in [6, 6.07) is 28.5. The maximum absolute atomic E-state index is 5.58. The van der Waals surface area contributed by atoms with Gasteiger partial charge in [-0.2, -0.15) is 0 Å². The fourth-order valence-corrected chi connectivity index (χ4v) is 2.57. The van der Waals surface area contributed by atoms with Crippen molar-refractivity contribution in [3.05, 3.63) is 90.5 Å². The highest BCUT2D eigenvalue weighted by atomic mass is 32.1. The first-order valence-corrected chi connectivity index (χ1v) is 7.26. The number of anilines is 1. The fourth-order valence-electron chi connectivity index (χ4n) is 2.27. The summed E-state index contributed by atoms with van der Waals surface area (Å²) in [5.74, 6) is 0. The summed E-state index contributed by atoms with van der Waals surface area (Å²) in [5.41, 5.74) is 4.37. The van der Waals surface area contributed by atoms with Crippen LogP contribution in [0.25, 0.3) is 11.1 Å². The molecule has 0 heterocycles. The van der Waals surface area contributed by atoms with Crippen molar-refractivity contribution >= 4 is 22.9 Å². The van der Waals surface area contributed by atoms with Crippen molar-refractivity contribution in [2.75, 3.05) is 5.32 Å². The molecule has 0 aliphatic carbocycles. The van der Waals surface area contributed by atoms with Crippen LogP contribution in [0.4, 0.5) is 5.69 Å². The molecule has 0 spiro atoms. The molecular weight excluding hydrogens is 274 g/mol. The van der Waals surface area contributed by atoms with Gasteiger partial charge in [0, 0.05) is 11.3 Å². The van der Waals surface area contributed by atoms with Gasteiger partial charge in [-0.05, 0) is 23.3 Å². The van der Waals surface area contributed by atoms with Gasteiger partial charge in [-0.3, -0.25) is 0 Å². The van der Waals surface area contributed by atoms with Crippen LogP contribution >= 0.6 is 12.2 Å². The van der Waals surface area contributed by atoms with Gasteiger partial charge in [0.05, 0.1) is 0 Å². The van der Waals surface area contributed by atoms with E-state index in [4.69, 9.17) is 12.2 Å². The number of benzene rings is 3. The second kappa shape index (κ2) is 6.33. The largest absolute Gasteiger partial charge is 0.346 e. The van der Waals surface area contributed by atoms with E-state index < -0.39 is 0 Å². The number of hydrogen-bond donors (Lipinski definition) is 1. The summed E-state index contributed by atoms with van der Waals surface area (Å²) in [5, 5.41) is 3.30. The molecule has 3 rings (SSSR count). The zero-order valence-corrected chi connectivity index (χ0v) is 12.3. The predicted molar refractivity (Wildman–Crippen MR) is 93.6 cm³/mol. The third kappa shape index (κ3) is 3.18. The molecule has 0 radical (unpaired) electrons. The van der Waals surface area contributed by atoms with E-state index in [0.717, 1.165) is 21.8 Å². The highest BCUT2D eigenvalue weighted by Crippen LogP contribution is 2.24. The van der Waals surface area contributed by atoms with E-state index in [1.54, 1.807) is 0 Å². The zero-order valence-electron chi connectivity index (χ0n) is 11.5. The molecule has 21 heavy (non-hydrogen) atoms. The molecule has 0 aliphatic rings. The van der Waals surface area contributed by atoms with Crippen molar-refractivity contribution in [1.29, 1.82) is 0 Å². The van der Waals surface area contributed by atoms with E-state index in [1.807, 2.05) is 60.7 Å². The van der Waals surface area contributed by atoms with Gasteiger partial charge < -0.3 is 5.32 Å². The van der Waals surface area contributed by atoms with Crippen LogP contribution in [0.1, 0.15) is 5.56 Å². The summed E-state index contributed by atoms with van der Waals surface area (Å²) in [7, 11) is 0. The van der Waals surface area contributed by atoms with E-state index in [1.165, 1.54) is 5.56 Å². The fraction of sp³-hybridized carbons (Fsp3) is 0. The highest BCUT2D eigenvalue weighted by Gasteiger charge is 2.08. The van der Waals surface area contributed by atoms with Gasteiger partial charge >= 0.3 is 0 Å². The monoisotopic (exact) mass is 289 g/mol. The Hall–Kier alpha value is -2.45. The summed E-state index contributed by atoms with van der Waals surface area (Å²) < 4.78 is 0. The van der Waals surface area contributed by atoms with Gasteiger partial charge in [0.15, 0.2) is 0 Å². The molecule has 0 saturated carbocycles. The predicted octanol–water partition coefficient (Wildman–Crippen LogP) is 5.14. The lowest BCUT2D eigenvalue weighted by Crippen LogP contribution is -2.11. The second-order valence-electron chi connectivity index (χ2n) is 4.73. The van der Waals surface area contributed by atoms with Crippen LogP contribution in [-0.2, 0) is 0 Å². The number of hydrogen-bond acceptors (Lipinski definition) is 1. The molecule has 0 aromatic heterocycles. The van der Waals surface area contributed by atoms with Gasteiger partial charge in [-0.25, -0.2) is 0 Å². The molecule has 1 N–H and O–H groups in total. The van der Waals surface area contributed by atoms with Crippen LogP contribution in [0.15, 0.2) is 84.9 Å². The Kier molecular flexibility index (Phi) is 4.08. The smallest absolute Gasteiger partial charge is 0.111 e. The van der Waals surface area contributed by atoms with E-state index in [0.29, 0.717) is 0 Å². The lowest BCUT2D eigenvalue weighted by atomic mass is 9.99. The quantitative estimate of drug-likeness (QED) is 0.670. The maximum Gasteiger partial charge on any atom is 0.111 e. The zero-order chi connectivity index (χ0) is 14.5. The number of rotatable bonds is 3. The topological polar surface area (TPSA) is 12.0 Å². The first kappa shape index (κ1) is 13.5. The molecule has 1 nitrogen and oxygen atoms in total. The molecular formula is C19H15NS. The van der Waals surface area contributed by atoms with Gasteiger partial charge in [-0.15, -0.1) is 0 Å². The van der Waals surface area contributed by atoms with Crippen LogP contribution in [0.2, 0.25) is 0 Å². The van der Waals surface area contributed by atoms with Crippen molar-refractivity contribution in [2.45, 2.75) is 0 Å². The van der Waals surface area contributed by atoms with E-state index in [2.05, 4.69) is 29.6 Å².